The van der Waals surface area contributed by atoms with Gasteiger partial charge in [0.25, 0.3) is 5.91 Å². The lowest BCUT2D eigenvalue weighted by Gasteiger charge is -2.19. The van der Waals surface area contributed by atoms with Gasteiger partial charge in [-0.25, -0.2) is 9.89 Å². The van der Waals surface area contributed by atoms with Crippen molar-refractivity contribution in [3.05, 3.63) is 40.3 Å². The molecule has 0 unspecified atom stereocenters. The van der Waals surface area contributed by atoms with Gasteiger partial charge < -0.3 is 10.2 Å². The van der Waals surface area contributed by atoms with Gasteiger partial charge in [-0.1, -0.05) is 24.8 Å². The Morgan fingerprint density at radius 3 is 2.67 bits per heavy atom. The number of nitrogens with zero attached hydrogens (tertiary/aromatic N) is 3. The Hall–Kier alpha value is -2.55. The first-order valence-electron chi connectivity index (χ1n) is 8.97. The van der Waals surface area contributed by atoms with Gasteiger partial charge in [0.05, 0.1) is 5.75 Å². The molecular formula is C18H25N5O3S. The number of anilines is 1. The fourth-order valence-corrected chi connectivity index (χ4v) is 3.36. The summed E-state index contributed by atoms with van der Waals surface area (Å²) in [6.45, 7) is 7.63. The molecule has 0 spiro atoms. The van der Waals surface area contributed by atoms with Crippen molar-refractivity contribution >= 4 is 29.3 Å². The number of amides is 2. The van der Waals surface area contributed by atoms with Gasteiger partial charge in [0.1, 0.15) is 0 Å². The van der Waals surface area contributed by atoms with Crippen molar-refractivity contribution in [3.8, 4) is 0 Å². The number of rotatable bonds is 9. The summed E-state index contributed by atoms with van der Waals surface area (Å²) in [5, 5.41) is 9.62. The summed E-state index contributed by atoms with van der Waals surface area (Å²) in [5.41, 5.74) is 0.821. The van der Waals surface area contributed by atoms with Crippen molar-refractivity contribution in [2.75, 3.05) is 24.2 Å². The highest BCUT2D eigenvalue weighted by atomic mass is 32.2. The van der Waals surface area contributed by atoms with Crippen LogP contribution in [0.5, 0.6) is 0 Å². The van der Waals surface area contributed by atoms with Crippen LogP contribution in [0.15, 0.2) is 34.2 Å². The van der Waals surface area contributed by atoms with Crippen LogP contribution < -0.4 is 11.0 Å². The number of carbonyl (C=O) groups excluding carboxylic acids is 2. The minimum Gasteiger partial charge on any atom is -0.339 e. The van der Waals surface area contributed by atoms with Crippen LogP contribution in [-0.2, 0) is 11.3 Å². The number of carbonyl (C=O) groups is 2. The van der Waals surface area contributed by atoms with E-state index >= 15 is 0 Å². The first-order valence-corrected chi connectivity index (χ1v) is 9.95. The lowest BCUT2D eigenvalue weighted by atomic mass is 10.1. The van der Waals surface area contributed by atoms with Crippen LogP contribution in [-0.4, -0.2) is 50.3 Å². The molecule has 0 radical (unpaired) electrons. The van der Waals surface area contributed by atoms with E-state index in [2.05, 4.69) is 15.5 Å². The van der Waals surface area contributed by atoms with Crippen molar-refractivity contribution in [1.29, 1.82) is 0 Å². The van der Waals surface area contributed by atoms with Crippen LogP contribution in [0.2, 0.25) is 0 Å². The van der Waals surface area contributed by atoms with Crippen LogP contribution in [0.4, 0.5) is 5.69 Å². The standard InChI is InChI=1S/C18H25N5O3S/c1-4-10-23-17(26)20-21-18(23)27-12-15(24)19-14-9-7-8-13(11-14)16(25)22(5-2)6-3/h7-9,11H,4-6,10,12H2,1-3H3,(H,19,24)(H,20,26). The quantitative estimate of drug-likeness (QED) is 0.638. The highest BCUT2D eigenvalue weighted by molar-refractivity contribution is 7.99. The first kappa shape index (κ1) is 20.8. The minimum atomic E-state index is -0.276. The lowest BCUT2D eigenvalue weighted by Crippen LogP contribution is -2.30. The molecule has 0 saturated heterocycles. The summed E-state index contributed by atoms with van der Waals surface area (Å²) in [6, 6.07) is 6.89. The van der Waals surface area contributed by atoms with Crippen molar-refractivity contribution in [2.24, 2.45) is 0 Å². The van der Waals surface area contributed by atoms with E-state index in [-0.39, 0.29) is 23.3 Å². The minimum absolute atomic E-state index is 0.0643. The molecule has 8 nitrogen and oxygen atoms in total. The lowest BCUT2D eigenvalue weighted by molar-refractivity contribution is -0.113. The highest BCUT2D eigenvalue weighted by Gasteiger charge is 2.14. The average Bonchev–Trinajstić information content (AvgIpc) is 3.01. The second kappa shape index (κ2) is 9.96. The molecule has 0 atom stereocenters. The fraction of sp³-hybridized carbons (Fsp3) is 0.444. The molecule has 0 saturated carbocycles. The van der Waals surface area contributed by atoms with Gasteiger partial charge in [0.2, 0.25) is 5.91 Å². The molecule has 2 rings (SSSR count). The second-order valence-corrected chi connectivity index (χ2v) is 6.80. The number of benzene rings is 1. The van der Waals surface area contributed by atoms with Crippen molar-refractivity contribution in [2.45, 2.75) is 38.9 Å². The van der Waals surface area contributed by atoms with E-state index in [1.54, 1.807) is 29.2 Å². The Bertz CT molecular complexity index is 842. The summed E-state index contributed by atoms with van der Waals surface area (Å²) in [6.07, 6.45) is 0.798. The molecule has 9 heteroatoms. The van der Waals surface area contributed by atoms with E-state index in [0.717, 1.165) is 6.42 Å². The number of thioether (sulfide) groups is 1. The normalized spacial score (nSPS) is 10.6. The van der Waals surface area contributed by atoms with Gasteiger partial charge in [-0.15, -0.1) is 5.10 Å². The number of hydrogen-bond donors (Lipinski definition) is 2. The number of aromatic amines is 1. The summed E-state index contributed by atoms with van der Waals surface area (Å²) in [4.78, 5) is 38.0. The topological polar surface area (TPSA) is 100 Å². The van der Waals surface area contributed by atoms with Gasteiger partial charge in [-0.05, 0) is 38.5 Å². The molecule has 0 fully saturated rings. The average molecular weight is 391 g/mol. The third-order valence-electron chi connectivity index (χ3n) is 3.95. The maximum atomic E-state index is 12.4. The summed E-state index contributed by atoms with van der Waals surface area (Å²) >= 11 is 1.19. The molecule has 1 heterocycles. The monoisotopic (exact) mass is 391 g/mol. The molecule has 1 aromatic carbocycles. The molecule has 2 N–H and O–H groups in total. The summed E-state index contributed by atoms with van der Waals surface area (Å²) < 4.78 is 1.52. The fourth-order valence-electron chi connectivity index (χ4n) is 2.58. The Balaban J connectivity index is 1.99. The first-order chi connectivity index (χ1) is 13.0. The van der Waals surface area contributed by atoms with E-state index < -0.39 is 0 Å². The van der Waals surface area contributed by atoms with E-state index in [4.69, 9.17) is 0 Å². The van der Waals surface area contributed by atoms with Crippen molar-refractivity contribution < 1.29 is 9.59 Å². The molecule has 0 bridgehead atoms. The van der Waals surface area contributed by atoms with Crippen molar-refractivity contribution in [1.82, 2.24) is 19.7 Å². The van der Waals surface area contributed by atoms with E-state index in [1.807, 2.05) is 20.8 Å². The maximum Gasteiger partial charge on any atom is 0.343 e. The Morgan fingerprint density at radius 2 is 2.00 bits per heavy atom. The summed E-state index contributed by atoms with van der Waals surface area (Å²) in [5.74, 6) is -0.182. The van der Waals surface area contributed by atoms with Crippen LogP contribution >= 0.6 is 11.8 Å². The molecule has 146 valence electrons. The van der Waals surface area contributed by atoms with Crippen LogP contribution in [0, 0.1) is 0 Å². The summed E-state index contributed by atoms with van der Waals surface area (Å²) in [7, 11) is 0. The molecule has 27 heavy (non-hydrogen) atoms. The molecule has 1 aromatic heterocycles. The number of nitrogens with one attached hydrogen (secondary N) is 2. The molecule has 2 amide bonds. The number of aromatic nitrogens is 3. The van der Waals surface area contributed by atoms with E-state index in [0.29, 0.717) is 36.0 Å². The van der Waals surface area contributed by atoms with Crippen LogP contribution in [0.3, 0.4) is 0 Å². The Labute approximate surface area is 162 Å². The van der Waals surface area contributed by atoms with Gasteiger partial charge >= 0.3 is 5.69 Å². The second-order valence-electron chi connectivity index (χ2n) is 5.86. The number of hydrogen-bond acceptors (Lipinski definition) is 5. The van der Waals surface area contributed by atoms with Crippen molar-refractivity contribution in [3.63, 3.8) is 0 Å². The van der Waals surface area contributed by atoms with Crippen LogP contribution in [0.25, 0.3) is 0 Å². The zero-order valence-electron chi connectivity index (χ0n) is 15.8. The highest BCUT2D eigenvalue weighted by Crippen LogP contribution is 2.16. The number of H-pyrrole nitrogens is 1. The largest absolute Gasteiger partial charge is 0.343 e. The van der Waals surface area contributed by atoms with Gasteiger partial charge in [0, 0.05) is 30.9 Å². The third-order valence-corrected chi connectivity index (χ3v) is 4.92. The van der Waals surface area contributed by atoms with Gasteiger partial charge in [-0.3, -0.25) is 14.2 Å². The molecule has 0 aliphatic carbocycles. The predicted molar refractivity (Wildman–Crippen MR) is 106 cm³/mol. The zero-order valence-corrected chi connectivity index (χ0v) is 16.6. The molecule has 2 aromatic rings. The maximum absolute atomic E-state index is 12.4. The van der Waals surface area contributed by atoms with Gasteiger partial charge in [0.15, 0.2) is 5.16 Å². The zero-order chi connectivity index (χ0) is 19.8. The van der Waals surface area contributed by atoms with E-state index in [1.165, 1.54) is 16.3 Å². The Morgan fingerprint density at radius 1 is 1.26 bits per heavy atom. The van der Waals surface area contributed by atoms with Gasteiger partial charge in [-0.2, -0.15) is 0 Å². The molecule has 0 aliphatic heterocycles. The van der Waals surface area contributed by atoms with Crippen LogP contribution in [0.1, 0.15) is 37.6 Å². The smallest absolute Gasteiger partial charge is 0.339 e. The molecule has 0 aliphatic rings. The predicted octanol–water partition coefficient (Wildman–Crippen LogP) is 2.19. The Kier molecular flexibility index (Phi) is 7.66. The molecular weight excluding hydrogens is 366 g/mol. The van der Waals surface area contributed by atoms with E-state index in [9.17, 15) is 14.4 Å². The SMILES string of the molecule is CCCn1c(SCC(=O)Nc2cccc(C(=O)N(CC)CC)c2)n[nH]c1=O. The third kappa shape index (κ3) is 5.46.